The molecule has 1 aliphatic rings. The fourth-order valence-electron chi connectivity index (χ4n) is 2.94. The van der Waals surface area contributed by atoms with Crippen LogP contribution in [0.5, 0.6) is 0 Å². The molecule has 0 radical (unpaired) electrons. The summed E-state index contributed by atoms with van der Waals surface area (Å²) < 4.78 is 18.2. The molecular weight excluding hydrogens is 293 g/mol. The second-order valence-electron chi connectivity index (χ2n) is 6.11. The van der Waals surface area contributed by atoms with E-state index in [9.17, 15) is 4.39 Å². The summed E-state index contributed by atoms with van der Waals surface area (Å²) in [6.45, 7) is 5.21. The van der Waals surface area contributed by atoms with Crippen molar-refractivity contribution in [2.45, 2.75) is 38.0 Å². The highest BCUT2D eigenvalue weighted by Crippen LogP contribution is 2.43. The van der Waals surface area contributed by atoms with Gasteiger partial charge in [-0.15, -0.1) is 0 Å². The van der Waals surface area contributed by atoms with E-state index >= 15 is 0 Å². The van der Waals surface area contributed by atoms with Crippen LogP contribution in [0.4, 0.5) is 4.39 Å². The van der Waals surface area contributed by atoms with Gasteiger partial charge in [0.15, 0.2) is 5.96 Å². The summed E-state index contributed by atoms with van der Waals surface area (Å²) in [4.78, 5) is 4.76. The summed E-state index contributed by atoms with van der Waals surface area (Å²) in [6.07, 6.45) is 4.39. The van der Waals surface area contributed by atoms with Crippen molar-refractivity contribution in [3.8, 4) is 0 Å². The fourth-order valence-corrected chi connectivity index (χ4v) is 2.94. The second kappa shape index (κ2) is 8.87. The molecule has 1 fully saturated rings. The van der Waals surface area contributed by atoms with Gasteiger partial charge in [0.1, 0.15) is 5.82 Å². The van der Waals surface area contributed by atoms with Crippen molar-refractivity contribution in [1.82, 2.24) is 10.6 Å². The highest BCUT2D eigenvalue weighted by atomic mass is 19.1. The molecule has 1 aliphatic carbocycles. The molecule has 1 aromatic rings. The summed E-state index contributed by atoms with van der Waals surface area (Å²) in [7, 11) is 1.71. The molecular formula is C18H28FN3O. The van der Waals surface area contributed by atoms with E-state index in [1.165, 1.54) is 12.0 Å². The van der Waals surface area contributed by atoms with E-state index in [1.807, 2.05) is 12.1 Å². The lowest BCUT2D eigenvalue weighted by molar-refractivity contribution is 0.195. The molecule has 0 atom stereocenters. The fraction of sp³-hybridized carbons (Fsp3) is 0.611. The molecule has 0 heterocycles. The van der Waals surface area contributed by atoms with Gasteiger partial charge in [-0.1, -0.05) is 18.6 Å². The van der Waals surface area contributed by atoms with Gasteiger partial charge in [0, 0.05) is 32.2 Å². The first-order valence-electron chi connectivity index (χ1n) is 8.47. The van der Waals surface area contributed by atoms with Crippen LogP contribution < -0.4 is 10.6 Å². The van der Waals surface area contributed by atoms with Gasteiger partial charge in [-0.25, -0.2) is 4.39 Å². The Hall–Kier alpha value is -1.62. The molecule has 0 aromatic heterocycles. The largest absolute Gasteiger partial charge is 0.385 e. The molecule has 2 N–H and O–H groups in total. The minimum Gasteiger partial charge on any atom is -0.385 e. The summed E-state index contributed by atoms with van der Waals surface area (Å²) in [5.41, 5.74) is 1.27. The zero-order valence-corrected chi connectivity index (χ0v) is 14.2. The number of nitrogens with one attached hydrogen (secondary N) is 2. The third-order valence-corrected chi connectivity index (χ3v) is 4.47. The molecule has 0 unspecified atom stereocenters. The Balaban J connectivity index is 1.99. The number of hydrogen-bond donors (Lipinski definition) is 2. The number of halogens is 1. The van der Waals surface area contributed by atoms with E-state index in [1.54, 1.807) is 19.2 Å². The van der Waals surface area contributed by atoms with E-state index in [0.717, 1.165) is 51.5 Å². The van der Waals surface area contributed by atoms with Crippen LogP contribution in [0.1, 0.15) is 38.2 Å². The summed E-state index contributed by atoms with van der Waals surface area (Å²) in [6, 6.07) is 6.91. The van der Waals surface area contributed by atoms with Gasteiger partial charge in [0.25, 0.3) is 0 Å². The Morgan fingerprint density at radius 3 is 2.57 bits per heavy atom. The Morgan fingerprint density at radius 2 is 2.00 bits per heavy atom. The zero-order chi connectivity index (χ0) is 16.5. The molecule has 128 valence electrons. The third-order valence-electron chi connectivity index (χ3n) is 4.47. The Kier molecular flexibility index (Phi) is 6.84. The van der Waals surface area contributed by atoms with Gasteiger partial charge in [-0.3, -0.25) is 4.99 Å². The van der Waals surface area contributed by atoms with Gasteiger partial charge in [-0.05, 0) is 43.9 Å². The Bertz CT molecular complexity index is 497. The second-order valence-corrected chi connectivity index (χ2v) is 6.11. The van der Waals surface area contributed by atoms with Crippen molar-refractivity contribution < 1.29 is 9.13 Å². The van der Waals surface area contributed by atoms with Crippen LogP contribution in [0.2, 0.25) is 0 Å². The van der Waals surface area contributed by atoms with E-state index in [0.29, 0.717) is 0 Å². The van der Waals surface area contributed by atoms with E-state index < -0.39 is 0 Å². The molecule has 2 rings (SSSR count). The maximum Gasteiger partial charge on any atom is 0.191 e. The topological polar surface area (TPSA) is 45.7 Å². The number of nitrogens with zero attached hydrogens (tertiary/aromatic N) is 1. The Labute approximate surface area is 138 Å². The van der Waals surface area contributed by atoms with Crippen molar-refractivity contribution in [2.24, 2.45) is 4.99 Å². The minimum absolute atomic E-state index is 0.0720. The van der Waals surface area contributed by atoms with E-state index in [-0.39, 0.29) is 11.2 Å². The van der Waals surface area contributed by atoms with E-state index in [2.05, 4.69) is 17.6 Å². The van der Waals surface area contributed by atoms with Gasteiger partial charge in [0.2, 0.25) is 0 Å². The number of ether oxygens (including phenoxy) is 1. The molecule has 0 spiro atoms. The number of aliphatic imine (C=N–C) groups is 1. The normalized spacial score (nSPS) is 16.7. The van der Waals surface area contributed by atoms with Crippen LogP contribution in [0.3, 0.4) is 0 Å². The quantitative estimate of drug-likeness (QED) is 0.440. The minimum atomic E-state index is -0.181. The molecule has 5 heteroatoms. The van der Waals surface area contributed by atoms with Crippen LogP contribution in [0, 0.1) is 5.82 Å². The number of guanidine groups is 1. The molecule has 23 heavy (non-hydrogen) atoms. The van der Waals surface area contributed by atoms with Gasteiger partial charge >= 0.3 is 0 Å². The average molecular weight is 321 g/mol. The van der Waals surface area contributed by atoms with Crippen LogP contribution >= 0.6 is 0 Å². The average Bonchev–Trinajstić information content (AvgIpc) is 2.52. The molecule has 4 nitrogen and oxygen atoms in total. The highest BCUT2D eigenvalue weighted by Gasteiger charge is 2.38. The van der Waals surface area contributed by atoms with Gasteiger partial charge in [0.05, 0.1) is 6.54 Å². The lowest BCUT2D eigenvalue weighted by Gasteiger charge is -2.41. The number of rotatable bonds is 8. The van der Waals surface area contributed by atoms with Gasteiger partial charge < -0.3 is 15.4 Å². The molecule has 0 saturated heterocycles. The molecule has 1 aromatic carbocycles. The highest BCUT2D eigenvalue weighted by molar-refractivity contribution is 5.79. The van der Waals surface area contributed by atoms with Crippen molar-refractivity contribution in [3.05, 3.63) is 35.6 Å². The summed E-state index contributed by atoms with van der Waals surface area (Å²) in [5, 5.41) is 6.61. The van der Waals surface area contributed by atoms with Crippen molar-refractivity contribution in [3.63, 3.8) is 0 Å². The first-order valence-corrected chi connectivity index (χ1v) is 8.47. The standard InChI is InChI=1S/C18H28FN3O/c1-3-20-17(21-12-5-13-23-2)22-14-18(10-4-11-18)15-6-8-16(19)9-7-15/h6-9H,3-5,10-14H2,1-2H3,(H2,20,21,22). The summed E-state index contributed by atoms with van der Waals surface area (Å²) >= 11 is 0. The number of hydrogen-bond acceptors (Lipinski definition) is 2. The monoisotopic (exact) mass is 321 g/mol. The predicted molar refractivity (Wildman–Crippen MR) is 92.4 cm³/mol. The lowest BCUT2D eigenvalue weighted by atomic mass is 9.64. The van der Waals surface area contributed by atoms with Crippen LogP contribution in [-0.2, 0) is 10.2 Å². The van der Waals surface area contributed by atoms with Crippen LogP contribution in [0.25, 0.3) is 0 Å². The third kappa shape index (κ3) is 4.93. The SMILES string of the molecule is CCNC(=NCC1(c2ccc(F)cc2)CCC1)NCCCOC. The molecule has 0 aliphatic heterocycles. The van der Waals surface area contributed by atoms with Crippen LogP contribution in [0.15, 0.2) is 29.3 Å². The molecule has 0 bridgehead atoms. The smallest absolute Gasteiger partial charge is 0.191 e. The first-order chi connectivity index (χ1) is 11.2. The van der Waals surface area contributed by atoms with Crippen molar-refractivity contribution in [1.29, 1.82) is 0 Å². The van der Waals surface area contributed by atoms with Crippen LogP contribution in [-0.4, -0.2) is 39.3 Å². The number of benzene rings is 1. The molecule has 0 amide bonds. The van der Waals surface area contributed by atoms with Crippen molar-refractivity contribution in [2.75, 3.05) is 33.4 Å². The maximum atomic E-state index is 13.2. The van der Waals surface area contributed by atoms with Gasteiger partial charge in [-0.2, -0.15) is 0 Å². The first kappa shape index (κ1) is 17.7. The molecule has 1 saturated carbocycles. The van der Waals surface area contributed by atoms with Crippen molar-refractivity contribution >= 4 is 5.96 Å². The lowest BCUT2D eigenvalue weighted by Crippen LogP contribution is -2.42. The van der Waals surface area contributed by atoms with E-state index in [4.69, 9.17) is 9.73 Å². The predicted octanol–water partition coefficient (Wildman–Crippen LogP) is 2.84. The maximum absolute atomic E-state index is 13.2. The Morgan fingerprint density at radius 1 is 1.26 bits per heavy atom. The zero-order valence-electron chi connectivity index (χ0n) is 14.2. The summed E-state index contributed by atoms with van der Waals surface area (Å²) in [5.74, 6) is 0.664. The number of methoxy groups -OCH3 is 1.